The number of hydrogen-bond donors (Lipinski definition) is 3. The fraction of sp³-hybridized carbons (Fsp3) is 0.471. The van der Waals surface area contributed by atoms with Gasteiger partial charge in [0.1, 0.15) is 0 Å². The molecule has 1 aliphatic heterocycles. The summed E-state index contributed by atoms with van der Waals surface area (Å²) < 4.78 is 39.0. The van der Waals surface area contributed by atoms with Crippen LogP contribution in [0.1, 0.15) is 23.2 Å². The largest absolute Gasteiger partial charge is 0.481 e. The molecule has 27 heavy (non-hydrogen) atoms. The number of halogens is 3. The molecule has 1 aliphatic carbocycles. The lowest BCUT2D eigenvalue weighted by atomic mass is 9.96. The van der Waals surface area contributed by atoms with Crippen molar-refractivity contribution in [1.82, 2.24) is 10.2 Å². The van der Waals surface area contributed by atoms with Crippen LogP contribution < -0.4 is 10.6 Å². The third-order valence-corrected chi connectivity index (χ3v) is 4.66. The number of rotatable bonds is 4. The number of nitrogens with one attached hydrogen (secondary N) is 2. The number of hydrogen-bond acceptors (Lipinski definition) is 3. The summed E-state index contributed by atoms with van der Waals surface area (Å²) in [6, 6.07) is 5.31. The average molecular weight is 385 g/mol. The highest BCUT2D eigenvalue weighted by molar-refractivity contribution is 5.96. The number of likely N-dealkylation sites (tertiary alicyclic amines) is 1. The number of aliphatic carboxylic acids is 1. The first kappa shape index (κ1) is 19.0. The first-order valence-electron chi connectivity index (χ1n) is 8.41. The van der Waals surface area contributed by atoms with Gasteiger partial charge in [0.05, 0.1) is 11.8 Å². The molecular formula is C17H18F3N3O4. The number of urea groups is 1. The molecule has 1 aromatic carbocycles. The fourth-order valence-corrected chi connectivity index (χ4v) is 2.96. The van der Waals surface area contributed by atoms with Gasteiger partial charge in [-0.25, -0.2) is 4.79 Å². The van der Waals surface area contributed by atoms with Crippen LogP contribution in [0.15, 0.2) is 24.3 Å². The van der Waals surface area contributed by atoms with Gasteiger partial charge < -0.3 is 20.6 Å². The molecule has 3 rings (SSSR count). The van der Waals surface area contributed by atoms with Crippen LogP contribution in [0.3, 0.4) is 0 Å². The van der Waals surface area contributed by atoms with Gasteiger partial charge in [0.15, 0.2) is 0 Å². The van der Waals surface area contributed by atoms with E-state index in [0.29, 0.717) is 11.3 Å². The van der Waals surface area contributed by atoms with Crippen molar-refractivity contribution in [3.63, 3.8) is 0 Å². The lowest BCUT2D eigenvalue weighted by Gasteiger charge is -2.18. The highest BCUT2D eigenvalue weighted by atomic mass is 19.4. The Bertz CT molecular complexity index is 747. The minimum absolute atomic E-state index is 0.204. The molecule has 3 N–H and O–H groups in total. The molecule has 10 heteroatoms. The maximum absolute atomic E-state index is 13.0. The van der Waals surface area contributed by atoms with Gasteiger partial charge in [0, 0.05) is 30.4 Å². The molecule has 0 bridgehead atoms. The molecule has 0 radical (unpaired) electrons. The van der Waals surface area contributed by atoms with Crippen molar-refractivity contribution >= 4 is 23.6 Å². The Labute approximate surface area is 152 Å². The SMILES string of the molecule is O=C(NC1CC1)c1ccc(NC(=O)N2C[C@@H](C(F)(F)F)[C@H](C(=O)O)C2)cc1. The van der Waals surface area contributed by atoms with Gasteiger partial charge in [0.25, 0.3) is 5.91 Å². The Morgan fingerprint density at radius 3 is 2.19 bits per heavy atom. The summed E-state index contributed by atoms with van der Waals surface area (Å²) in [4.78, 5) is 36.0. The molecule has 1 saturated carbocycles. The maximum atomic E-state index is 13.0. The van der Waals surface area contributed by atoms with Crippen molar-refractivity contribution in [3.8, 4) is 0 Å². The molecule has 1 aromatic rings. The zero-order valence-corrected chi connectivity index (χ0v) is 14.1. The van der Waals surface area contributed by atoms with Crippen molar-refractivity contribution in [2.45, 2.75) is 25.1 Å². The van der Waals surface area contributed by atoms with Crippen LogP contribution >= 0.6 is 0 Å². The summed E-state index contributed by atoms with van der Waals surface area (Å²) in [5.74, 6) is -5.61. The number of carboxylic acids is 1. The first-order chi connectivity index (χ1) is 12.6. The van der Waals surface area contributed by atoms with Crippen LogP contribution in [0.5, 0.6) is 0 Å². The Morgan fingerprint density at radius 2 is 1.70 bits per heavy atom. The zero-order valence-electron chi connectivity index (χ0n) is 14.1. The number of carboxylic acid groups (broad SMARTS) is 1. The van der Waals surface area contributed by atoms with E-state index in [1.54, 1.807) is 0 Å². The van der Waals surface area contributed by atoms with E-state index >= 15 is 0 Å². The van der Waals surface area contributed by atoms with Gasteiger partial charge in [-0.2, -0.15) is 13.2 Å². The van der Waals surface area contributed by atoms with Crippen molar-refractivity contribution in [1.29, 1.82) is 0 Å². The van der Waals surface area contributed by atoms with E-state index in [2.05, 4.69) is 10.6 Å². The molecule has 1 heterocycles. The van der Waals surface area contributed by atoms with E-state index in [1.165, 1.54) is 24.3 Å². The Morgan fingerprint density at radius 1 is 1.07 bits per heavy atom. The Hall–Kier alpha value is -2.78. The van der Waals surface area contributed by atoms with Crippen molar-refractivity contribution in [2.24, 2.45) is 11.8 Å². The average Bonchev–Trinajstić information content (AvgIpc) is 3.26. The van der Waals surface area contributed by atoms with Crippen molar-refractivity contribution in [3.05, 3.63) is 29.8 Å². The second-order valence-electron chi connectivity index (χ2n) is 6.75. The lowest BCUT2D eigenvalue weighted by Crippen LogP contribution is -2.35. The summed E-state index contributed by atoms with van der Waals surface area (Å²) in [6.07, 6.45) is -2.80. The lowest BCUT2D eigenvalue weighted by molar-refractivity contribution is -0.187. The van der Waals surface area contributed by atoms with Crippen LogP contribution in [0.25, 0.3) is 0 Å². The molecule has 0 unspecified atom stereocenters. The topological polar surface area (TPSA) is 98.7 Å². The fourth-order valence-electron chi connectivity index (χ4n) is 2.96. The van der Waals surface area contributed by atoms with Crippen molar-refractivity contribution in [2.75, 3.05) is 18.4 Å². The standard InChI is InChI=1S/C17H18F3N3O4/c18-17(19,20)13-8-23(7-12(13)15(25)26)16(27)22-11-3-1-9(2-4-11)14(24)21-10-5-6-10/h1-4,10,12-13H,5-8H2,(H,21,24)(H,22,27)(H,25,26)/t12-,13-/m1/s1. The quantitative estimate of drug-likeness (QED) is 0.741. The molecule has 2 fully saturated rings. The molecule has 7 nitrogen and oxygen atoms in total. The number of nitrogens with zero attached hydrogens (tertiary/aromatic N) is 1. The number of carbonyl (C=O) groups is 3. The summed E-state index contributed by atoms with van der Waals surface area (Å²) in [6.45, 7) is -1.23. The second kappa shape index (κ2) is 7.09. The molecule has 2 aliphatic rings. The van der Waals surface area contributed by atoms with E-state index in [9.17, 15) is 27.6 Å². The molecule has 3 amide bonds. The summed E-state index contributed by atoms with van der Waals surface area (Å²) in [5, 5.41) is 14.2. The molecule has 1 saturated heterocycles. The third-order valence-electron chi connectivity index (χ3n) is 4.66. The van der Waals surface area contributed by atoms with Gasteiger partial charge in [-0.3, -0.25) is 9.59 Å². The van der Waals surface area contributed by atoms with Crippen LogP contribution in [0.2, 0.25) is 0 Å². The number of anilines is 1. The molecule has 146 valence electrons. The van der Waals surface area contributed by atoms with Gasteiger partial charge in [0.2, 0.25) is 0 Å². The number of amides is 3. The minimum Gasteiger partial charge on any atom is -0.481 e. The van der Waals surface area contributed by atoms with E-state index < -0.39 is 43.1 Å². The van der Waals surface area contributed by atoms with Crippen LogP contribution in [0.4, 0.5) is 23.7 Å². The zero-order chi connectivity index (χ0) is 19.8. The summed E-state index contributed by atoms with van der Waals surface area (Å²) in [5.41, 5.74) is 0.703. The summed E-state index contributed by atoms with van der Waals surface area (Å²) >= 11 is 0. The van der Waals surface area contributed by atoms with Gasteiger partial charge in [-0.1, -0.05) is 0 Å². The van der Waals surface area contributed by atoms with Crippen LogP contribution in [0, 0.1) is 11.8 Å². The van der Waals surface area contributed by atoms with Gasteiger partial charge in [-0.05, 0) is 37.1 Å². The first-order valence-corrected chi connectivity index (χ1v) is 8.41. The highest BCUT2D eigenvalue weighted by Crippen LogP contribution is 2.37. The Kier molecular flexibility index (Phi) is 4.99. The molecule has 0 spiro atoms. The van der Waals surface area contributed by atoms with E-state index in [4.69, 9.17) is 5.11 Å². The molecule has 2 atom stereocenters. The maximum Gasteiger partial charge on any atom is 0.394 e. The minimum atomic E-state index is -4.70. The summed E-state index contributed by atoms with van der Waals surface area (Å²) in [7, 11) is 0. The third kappa shape index (κ3) is 4.50. The monoisotopic (exact) mass is 385 g/mol. The Balaban J connectivity index is 1.61. The predicted octanol–water partition coefficient (Wildman–Crippen LogP) is 2.31. The number of carbonyl (C=O) groups excluding carboxylic acids is 2. The normalized spacial score (nSPS) is 22.4. The van der Waals surface area contributed by atoms with E-state index in [0.717, 1.165) is 17.7 Å². The van der Waals surface area contributed by atoms with Crippen molar-refractivity contribution < 1.29 is 32.7 Å². The number of alkyl halides is 3. The second-order valence-corrected chi connectivity index (χ2v) is 6.75. The highest BCUT2D eigenvalue weighted by Gasteiger charge is 2.53. The van der Waals surface area contributed by atoms with Crippen LogP contribution in [-0.4, -0.2) is 53.2 Å². The number of benzene rings is 1. The van der Waals surface area contributed by atoms with Gasteiger partial charge >= 0.3 is 18.2 Å². The van der Waals surface area contributed by atoms with E-state index in [-0.39, 0.29) is 11.9 Å². The smallest absolute Gasteiger partial charge is 0.394 e. The predicted molar refractivity (Wildman–Crippen MR) is 88.2 cm³/mol. The van der Waals surface area contributed by atoms with Gasteiger partial charge in [-0.15, -0.1) is 0 Å². The van der Waals surface area contributed by atoms with E-state index in [1.807, 2.05) is 0 Å². The molecule has 0 aromatic heterocycles. The molecular weight excluding hydrogens is 367 g/mol. The van der Waals surface area contributed by atoms with Crippen LogP contribution in [-0.2, 0) is 4.79 Å².